The van der Waals surface area contributed by atoms with E-state index in [1.807, 2.05) is 24.8 Å². The van der Waals surface area contributed by atoms with Crippen molar-refractivity contribution in [2.75, 3.05) is 45.8 Å². The Kier molecular flexibility index (Phi) is 6.62. The second kappa shape index (κ2) is 9.40. The van der Waals surface area contributed by atoms with Crippen LogP contribution < -0.4 is 5.63 Å². The summed E-state index contributed by atoms with van der Waals surface area (Å²) in [4.78, 5) is 31.0. The third kappa shape index (κ3) is 4.77. The fourth-order valence-electron chi connectivity index (χ4n) is 4.75. The first kappa shape index (κ1) is 21.8. The van der Waals surface area contributed by atoms with Crippen LogP contribution in [0.5, 0.6) is 5.75 Å². The first-order valence-electron chi connectivity index (χ1n) is 11.5. The standard InChI is InChI=1S/C24H33N3O4/c1-3-18-14-19-17(2)13-22(29)31-24(19)20(23(18)30)15-25-9-11-26(12-10-25)16-21(28)27-7-5-4-6-8-27/h13-14,30H,3-12,15-16H2,1-2H3. The van der Waals surface area contributed by atoms with E-state index in [0.717, 1.165) is 68.6 Å². The molecule has 2 aliphatic heterocycles. The van der Waals surface area contributed by atoms with E-state index < -0.39 is 5.63 Å². The lowest BCUT2D eigenvalue weighted by atomic mass is 9.99. The molecule has 2 aliphatic rings. The summed E-state index contributed by atoms with van der Waals surface area (Å²) < 4.78 is 5.53. The van der Waals surface area contributed by atoms with Crippen molar-refractivity contribution >= 4 is 16.9 Å². The van der Waals surface area contributed by atoms with Crippen LogP contribution in [0.4, 0.5) is 0 Å². The van der Waals surface area contributed by atoms with Crippen LogP contribution in [-0.2, 0) is 17.8 Å². The van der Waals surface area contributed by atoms with Gasteiger partial charge in [-0.1, -0.05) is 6.92 Å². The maximum Gasteiger partial charge on any atom is 0.336 e. The Bertz CT molecular complexity index is 1000. The van der Waals surface area contributed by atoms with Crippen LogP contribution in [0.3, 0.4) is 0 Å². The number of aryl methyl sites for hydroxylation is 2. The number of piperazine rings is 1. The maximum absolute atomic E-state index is 12.6. The van der Waals surface area contributed by atoms with Crippen molar-refractivity contribution < 1.29 is 14.3 Å². The van der Waals surface area contributed by atoms with Gasteiger partial charge in [-0.2, -0.15) is 0 Å². The third-order valence-corrected chi connectivity index (χ3v) is 6.68. The molecule has 7 heteroatoms. The first-order valence-corrected chi connectivity index (χ1v) is 11.5. The van der Waals surface area contributed by atoms with Crippen LogP contribution in [0.25, 0.3) is 11.0 Å². The monoisotopic (exact) mass is 427 g/mol. The molecule has 3 heterocycles. The van der Waals surface area contributed by atoms with E-state index in [-0.39, 0.29) is 11.7 Å². The van der Waals surface area contributed by atoms with E-state index in [9.17, 15) is 14.7 Å². The molecule has 1 N–H and O–H groups in total. The number of benzene rings is 1. The van der Waals surface area contributed by atoms with E-state index in [0.29, 0.717) is 30.7 Å². The molecule has 0 saturated carbocycles. The topological polar surface area (TPSA) is 77.2 Å². The van der Waals surface area contributed by atoms with Crippen LogP contribution in [0.2, 0.25) is 0 Å². The predicted molar refractivity (Wildman–Crippen MR) is 120 cm³/mol. The lowest BCUT2D eigenvalue weighted by Gasteiger charge is -2.36. The summed E-state index contributed by atoms with van der Waals surface area (Å²) in [5.41, 5.74) is 2.51. The van der Waals surface area contributed by atoms with Gasteiger partial charge < -0.3 is 14.4 Å². The van der Waals surface area contributed by atoms with Gasteiger partial charge in [-0.15, -0.1) is 0 Å². The molecule has 2 fully saturated rings. The van der Waals surface area contributed by atoms with E-state index in [1.54, 1.807) is 0 Å². The molecule has 2 aromatic rings. The van der Waals surface area contributed by atoms with E-state index in [1.165, 1.54) is 12.5 Å². The highest BCUT2D eigenvalue weighted by molar-refractivity contribution is 5.86. The van der Waals surface area contributed by atoms with Crippen molar-refractivity contribution in [1.29, 1.82) is 0 Å². The molecule has 168 valence electrons. The Balaban J connectivity index is 1.45. The van der Waals surface area contributed by atoms with E-state index >= 15 is 0 Å². The maximum atomic E-state index is 12.6. The van der Waals surface area contributed by atoms with Crippen LogP contribution >= 0.6 is 0 Å². The van der Waals surface area contributed by atoms with Crippen molar-refractivity contribution in [2.24, 2.45) is 0 Å². The lowest BCUT2D eigenvalue weighted by Crippen LogP contribution is -2.50. The molecule has 0 bridgehead atoms. The van der Waals surface area contributed by atoms with E-state index in [4.69, 9.17) is 4.42 Å². The second-order valence-electron chi connectivity index (χ2n) is 8.84. The number of rotatable bonds is 5. The van der Waals surface area contributed by atoms with Gasteiger partial charge >= 0.3 is 5.63 Å². The molecule has 4 rings (SSSR count). The minimum Gasteiger partial charge on any atom is -0.507 e. The molecule has 1 aromatic heterocycles. The molecule has 31 heavy (non-hydrogen) atoms. The molecule has 0 radical (unpaired) electrons. The number of phenolic OH excluding ortho intramolecular Hbond substituents is 1. The van der Waals surface area contributed by atoms with Gasteiger partial charge in [-0.25, -0.2) is 4.79 Å². The summed E-state index contributed by atoms with van der Waals surface area (Å²) in [6.45, 7) is 9.95. The Labute approximate surface area is 183 Å². The number of hydrogen-bond acceptors (Lipinski definition) is 6. The average Bonchev–Trinajstić information content (AvgIpc) is 2.77. The lowest BCUT2D eigenvalue weighted by molar-refractivity contribution is -0.133. The normalized spacial score (nSPS) is 18.6. The molecule has 0 aliphatic carbocycles. The van der Waals surface area contributed by atoms with Crippen molar-refractivity contribution in [2.45, 2.75) is 46.1 Å². The number of piperidine rings is 1. The van der Waals surface area contributed by atoms with Crippen molar-refractivity contribution in [3.63, 3.8) is 0 Å². The minimum absolute atomic E-state index is 0.228. The molecule has 1 aromatic carbocycles. The summed E-state index contributed by atoms with van der Waals surface area (Å²) in [6.07, 6.45) is 4.16. The summed E-state index contributed by atoms with van der Waals surface area (Å²) >= 11 is 0. The van der Waals surface area contributed by atoms with Gasteiger partial charge in [0.15, 0.2) is 0 Å². The van der Waals surface area contributed by atoms with Gasteiger partial charge in [0.1, 0.15) is 11.3 Å². The van der Waals surface area contributed by atoms with Crippen molar-refractivity contribution in [3.05, 3.63) is 39.2 Å². The number of carbonyl (C=O) groups excluding carboxylic acids is 1. The van der Waals surface area contributed by atoms with Gasteiger partial charge in [0, 0.05) is 57.3 Å². The Morgan fingerprint density at radius 1 is 1.03 bits per heavy atom. The van der Waals surface area contributed by atoms with Crippen LogP contribution in [-0.4, -0.2) is 71.5 Å². The van der Waals surface area contributed by atoms with Gasteiger partial charge in [0.2, 0.25) is 5.91 Å². The highest BCUT2D eigenvalue weighted by Crippen LogP contribution is 2.33. The van der Waals surface area contributed by atoms with Gasteiger partial charge in [0.05, 0.1) is 12.1 Å². The number of carbonyl (C=O) groups is 1. The molecule has 7 nitrogen and oxygen atoms in total. The SMILES string of the molecule is CCc1cc2c(C)cc(=O)oc2c(CN2CCN(CC(=O)N3CCCCC3)CC2)c1O. The largest absolute Gasteiger partial charge is 0.507 e. The Hall–Kier alpha value is -2.38. The number of phenols is 1. The predicted octanol–water partition coefficient (Wildman–Crippen LogP) is 2.50. The van der Waals surface area contributed by atoms with Gasteiger partial charge in [-0.3, -0.25) is 14.6 Å². The fourth-order valence-corrected chi connectivity index (χ4v) is 4.75. The highest BCUT2D eigenvalue weighted by atomic mass is 16.4. The smallest absolute Gasteiger partial charge is 0.336 e. The minimum atomic E-state index is -0.393. The third-order valence-electron chi connectivity index (χ3n) is 6.68. The summed E-state index contributed by atoms with van der Waals surface area (Å²) in [5.74, 6) is 0.469. The Morgan fingerprint density at radius 3 is 2.39 bits per heavy atom. The fraction of sp³-hybridized carbons (Fsp3) is 0.583. The number of amides is 1. The Morgan fingerprint density at radius 2 is 1.71 bits per heavy atom. The summed E-state index contributed by atoms with van der Waals surface area (Å²) in [5, 5.41) is 11.7. The number of aromatic hydroxyl groups is 1. The zero-order valence-electron chi connectivity index (χ0n) is 18.7. The molecule has 2 saturated heterocycles. The number of likely N-dealkylation sites (tertiary alicyclic amines) is 1. The van der Waals surface area contributed by atoms with Crippen LogP contribution in [0.15, 0.2) is 21.3 Å². The molecular weight excluding hydrogens is 394 g/mol. The highest BCUT2D eigenvalue weighted by Gasteiger charge is 2.25. The summed E-state index contributed by atoms with van der Waals surface area (Å²) in [6, 6.07) is 3.43. The second-order valence-corrected chi connectivity index (χ2v) is 8.84. The molecular formula is C24H33N3O4. The quantitative estimate of drug-likeness (QED) is 0.739. The van der Waals surface area contributed by atoms with Gasteiger partial charge in [0.25, 0.3) is 0 Å². The molecule has 0 atom stereocenters. The number of nitrogens with zero attached hydrogens (tertiary/aromatic N) is 3. The zero-order valence-corrected chi connectivity index (χ0v) is 18.7. The zero-order chi connectivity index (χ0) is 22.0. The van der Waals surface area contributed by atoms with Crippen LogP contribution in [0.1, 0.15) is 42.9 Å². The first-order chi connectivity index (χ1) is 15.0. The van der Waals surface area contributed by atoms with Crippen LogP contribution in [0, 0.1) is 6.92 Å². The van der Waals surface area contributed by atoms with Crippen molar-refractivity contribution in [3.8, 4) is 5.75 Å². The van der Waals surface area contributed by atoms with E-state index in [2.05, 4.69) is 9.80 Å². The number of hydrogen-bond donors (Lipinski definition) is 1. The summed E-state index contributed by atoms with van der Waals surface area (Å²) in [7, 11) is 0. The molecule has 0 unspecified atom stereocenters. The number of fused-ring (bicyclic) bond motifs is 1. The van der Waals surface area contributed by atoms with Gasteiger partial charge in [-0.05, 0) is 49.8 Å². The average molecular weight is 428 g/mol. The van der Waals surface area contributed by atoms with Crippen molar-refractivity contribution in [1.82, 2.24) is 14.7 Å². The molecule has 0 spiro atoms. The molecule has 1 amide bonds.